The first-order chi connectivity index (χ1) is 9.56. The van der Waals surface area contributed by atoms with E-state index < -0.39 is 0 Å². The molecular formula is C15H25N3O2. The highest BCUT2D eigenvalue weighted by Gasteiger charge is 2.45. The van der Waals surface area contributed by atoms with Crippen LogP contribution < -0.4 is 5.73 Å². The molecule has 0 bridgehead atoms. The zero-order chi connectivity index (χ0) is 14.3. The highest BCUT2D eigenvalue weighted by Crippen LogP contribution is 2.39. The molecule has 20 heavy (non-hydrogen) atoms. The Labute approximate surface area is 120 Å². The molecule has 2 N–H and O–H groups in total. The van der Waals surface area contributed by atoms with Crippen molar-refractivity contribution in [3.8, 4) is 0 Å². The lowest BCUT2D eigenvalue weighted by Crippen LogP contribution is -2.57. The third kappa shape index (κ3) is 2.68. The summed E-state index contributed by atoms with van der Waals surface area (Å²) >= 11 is 0. The highest BCUT2D eigenvalue weighted by atomic mass is 16.2. The lowest BCUT2D eigenvalue weighted by atomic mass is 9.83. The smallest absolute Gasteiger partial charge is 0.224 e. The van der Waals surface area contributed by atoms with Crippen LogP contribution in [0.1, 0.15) is 45.4 Å². The Kier molecular flexibility index (Phi) is 3.71. The molecule has 2 saturated heterocycles. The summed E-state index contributed by atoms with van der Waals surface area (Å²) in [4.78, 5) is 28.4. The van der Waals surface area contributed by atoms with Crippen LogP contribution >= 0.6 is 0 Å². The Bertz CT molecular complexity index is 406. The highest BCUT2D eigenvalue weighted by molar-refractivity contribution is 5.79. The van der Waals surface area contributed by atoms with E-state index in [1.54, 1.807) is 0 Å². The van der Waals surface area contributed by atoms with E-state index in [9.17, 15) is 9.59 Å². The number of piperidine rings is 2. The summed E-state index contributed by atoms with van der Waals surface area (Å²) in [5, 5.41) is 0. The van der Waals surface area contributed by atoms with Crippen LogP contribution in [0.4, 0.5) is 0 Å². The Morgan fingerprint density at radius 1 is 1.35 bits per heavy atom. The van der Waals surface area contributed by atoms with Crippen molar-refractivity contribution >= 4 is 11.8 Å². The quantitative estimate of drug-likeness (QED) is 0.828. The van der Waals surface area contributed by atoms with Gasteiger partial charge in [-0.15, -0.1) is 0 Å². The van der Waals surface area contributed by atoms with E-state index in [-0.39, 0.29) is 11.9 Å². The van der Waals surface area contributed by atoms with E-state index in [1.165, 1.54) is 12.8 Å². The van der Waals surface area contributed by atoms with E-state index in [0.717, 1.165) is 25.9 Å². The summed E-state index contributed by atoms with van der Waals surface area (Å²) in [5.74, 6) is 0.983. The van der Waals surface area contributed by atoms with Crippen LogP contribution in [0, 0.1) is 5.92 Å². The van der Waals surface area contributed by atoms with Gasteiger partial charge in [-0.05, 0) is 38.5 Å². The molecule has 3 unspecified atom stereocenters. The van der Waals surface area contributed by atoms with Gasteiger partial charge in [-0.2, -0.15) is 0 Å². The van der Waals surface area contributed by atoms with Crippen molar-refractivity contribution in [2.24, 2.45) is 11.7 Å². The summed E-state index contributed by atoms with van der Waals surface area (Å²) in [7, 11) is 0. The van der Waals surface area contributed by atoms with Crippen LogP contribution in [-0.2, 0) is 9.59 Å². The zero-order valence-electron chi connectivity index (χ0n) is 12.3. The number of carbonyl (C=O) groups excluding carboxylic acids is 2. The van der Waals surface area contributed by atoms with Gasteiger partial charge in [-0.3, -0.25) is 9.59 Å². The van der Waals surface area contributed by atoms with Gasteiger partial charge in [0.25, 0.3) is 0 Å². The summed E-state index contributed by atoms with van der Waals surface area (Å²) in [6.45, 7) is 3.47. The van der Waals surface area contributed by atoms with Crippen LogP contribution in [-0.4, -0.2) is 52.8 Å². The van der Waals surface area contributed by atoms with E-state index in [2.05, 4.69) is 4.90 Å². The van der Waals surface area contributed by atoms with Crippen molar-refractivity contribution in [3.05, 3.63) is 0 Å². The van der Waals surface area contributed by atoms with Crippen molar-refractivity contribution in [1.29, 1.82) is 0 Å². The molecule has 112 valence electrons. The first-order valence-corrected chi connectivity index (χ1v) is 7.90. The van der Waals surface area contributed by atoms with Gasteiger partial charge in [0.05, 0.1) is 0 Å². The molecule has 3 atom stereocenters. The van der Waals surface area contributed by atoms with Gasteiger partial charge in [0, 0.05) is 44.1 Å². The molecule has 0 aromatic carbocycles. The second-order valence-corrected chi connectivity index (χ2v) is 6.71. The van der Waals surface area contributed by atoms with E-state index >= 15 is 0 Å². The van der Waals surface area contributed by atoms with Crippen LogP contribution in [0.25, 0.3) is 0 Å². The molecule has 2 aliphatic heterocycles. The van der Waals surface area contributed by atoms with Crippen LogP contribution in [0.5, 0.6) is 0 Å². The van der Waals surface area contributed by atoms with Gasteiger partial charge >= 0.3 is 0 Å². The van der Waals surface area contributed by atoms with Crippen molar-refractivity contribution < 1.29 is 9.59 Å². The predicted octanol–water partition coefficient (Wildman–Crippen LogP) is 0.726. The Hall–Kier alpha value is -1.10. The Morgan fingerprint density at radius 3 is 2.75 bits per heavy atom. The number of nitrogens with zero attached hydrogens (tertiary/aromatic N) is 2. The number of hydrogen-bond donors (Lipinski definition) is 1. The largest absolute Gasteiger partial charge is 0.342 e. The third-order valence-electron chi connectivity index (χ3n) is 4.86. The second kappa shape index (κ2) is 5.35. The normalized spacial score (nSPS) is 32.0. The summed E-state index contributed by atoms with van der Waals surface area (Å²) in [6, 6.07) is 0.806. The fourth-order valence-corrected chi connectivity index (χ4v) is 3.75. The fourth-order valence-electron chi connectivity index (χ4n) is 3.75. The molecule has 1 aliphatic carbocycles. The SMILES string of the molecule is CC(N)CC(=O)N1CCC2C(CCC(=O)N2C2CC2)C1. The Morgan fingerprint density at radius 2 is 2.10 bits per heavy atom. The molecule has 0 aromatic rings. The molecule has 3 fully saturated rings. The second-order valence-electron chi connectivity index (χ2n) is 6.71. The number of fused-ring (bicyclic) bond motifs is 1. The number of carbonyl (C=O) groups is 2. The van der Waals surface area contributed by atoms with E-state index in [1.807, 2.05) is 11.8 Å². The lowest BCUT2D eigenvalue weighted by molar-refractivity contribution is -0.145. The average molecular weight is 279 g/mol. The van der Waals surface area contributed by atoms with E-state index in [0.29, 0.717) is 36.8 Å². The monoisotopic (exact) mass is 279 g/mol. The molecule has 3 aliphatic rings. The van der Waals surface area contributed by atoms with E-state index in [4.69, 9.17) is 5.73 Å². The number of hydrogen-bond acceptors (Lipinski definition) is 3. The molecule has 2 amide bonds. The minimum atomic E-state index is -0.0730. The van der Waals surface area contributed by atoms with Gasteiger partial charge in [-0.1, -0.05) is 0 Å². The molecule has 5 heteroatoms. The summed E-state index contributed by atoms with van der Waals surface area (Å²) < 4.78 is 0. The number of nitrogens with two attached hydrogens (primary N) is 1. The summed E-state index contributed by atoms with van der Waals surface area (Å²) in [6.07, 6.45) is 5.31. The molecule has 3 rings (SSSR count). The van der Waals surface area contributed by atoms with Crippen molar-refractivity contribution in [3.63, 3.8) is 0 Å². The molecule has 0 aromatic heterocycles. The van der Waals surface area contributed by atoms with Gasteiger partial charge in [0.1, 0.15) is 0 Å². The molecule has 0 radical (unpaired) electrons. The number of amides is 2. The predicted molar refractivity (Wildman–Crippen MR) is 75.8 cm³/mol. The Balaban J connectivity index is 1.64. The minimum Gasteiger partial charge on any atom is -0.342 e. The van der Waals surface area contributed by atoms with Gasteiger partial charge < -0.3 is 15.5 Å². The standard InChI is InChI=1S/C15H25N3O2/c1-10(16)8-15(20)17-7-6-13-11(9-17)2-5-14(19)18(13)12-3-4-12/h10-13H,2-9,16H2,1H3. The first-order valence-electron chi connectivity index (χ1n) is 7.90. The van der Waals surface area contributed by atoms with Crippen molar-refractivity contribution in [2.45, 2.75) is 63.6 Å². The van der Waals surface area contributed by atoms with Crippen LogP contribution in [0.15, 0.2) is 0 Å². The van der Waals surface area contributed by atoms with Gasteiger partial charge in [0.2, 0.25) is 11.8 Å². The fraction of sp³-hybridized carbons (Fsp3) is 0.867. The lowest BCUT2D eigenvalue weighted by Gasteiger charge is -2.47. The molecule has 2 heterocycles. The molecule has 1 saturated carbocycles. The maximum Gasteiger partial charge on any atom is 0.224 e. The van der Waals surface area contributed by atoms with Crippen LogP contribution in [0.2, 0.25) is 0 Å². The maximum absolute atomic E-state index is 12.1. The molecular weight excluding hydrogens is 254 g/mol. The van der Waals surface area contributed by atoms with Gasteiger partial charge in [0.15, 0.2) is 0 Å². The minimum absolute atomic E-state index is 0.0730. The first kappa shape index (κ1) is 13.9. The van der Waals surface area contributed by atoms with Gasteiger partial charge in [-0.25, -0.2) is 0 Å². The average Bonchev–Trinajstić information content (AvgIpc) is 3.21. The van der Waals surface area contributed by atoms with Crippen LogP contribution in [0.3, 0.4) is 0 Å². The molecule has 5 nitrogen and oxygen atoms in total. The zero-order valence-corrected chi connectivity index (χ0v) is 12.3. The molecule has 0 spiro atoms. The topological polar surface area (TPSA) is 66.6 Å². The number of likely N-dealkylation sites (tertiary alicyclic amines) is 2. The summed E-state index contributed by atoms with van der Waals surface area (Å²) in [5.41, 5.74) is 5.72. The van der Waals surface area contributed by atoms with Crippen molar-refractivity contribution in [1.82, 2.24) is 9.80 Å². The number of rotatable bonds is 3. The maximum atomic E-state index is 12.1. The van der Waals surface area contributed by atoms with Crippen molar-refractivity contribution in [2.75, 3.05) is 13.1 Å². The third-order valence-corrected chi connectivity index (χ3v) is 4.86.